The molecule has 1 fully saturated rings. The fraction of sp³-hybridized carbons (Fsp3) is 0.789. The molecule has 0 bridgehead atoms. The number of nitrogens with one attached hydrogen (secondary N) is 1. The third-order valence-electron chi connectivity index (χ3n) is 3.89. The molecular formula is C19H34N2O6. The summed E-state index contributed by atoms with van der Waals surface area (Å²) in [7, 11) is 0. The van der Waals surface area contributed by atoms with Crippen molar-refractivity contribution in [2.75, 3.05) is 39.5 Å². The highest BCUT2D eigenvalue weighted by Gasteiger charge is 2.39. The molecule has 0 radical (unpaired) electrons. The lowest BCUT2D eigenvalue weighted by Crippen LogP contribution is -2.36. The van der Waals surface area contributed by atoms with Gasteiger partial charge >= 0.3 is 0 Å². The van der Waals surface area contributed by atoms with Gasteiger partial charge in [-0.05, 0) is 12.8 Å². The Morgan fingerprint density at radius 1 is 1.15 bits per heavy atom. The number of amides is 3. The van der Waals surface area contributed by atoms with Gasteiger partial charge in [0.2, 0.25) is 17.7 Å². The zero-order valence-electron chi connectivity index (χ0n) is 17.2. The highest BCUT2D eigenvalue weighted by Crippen LogP contribution is 2.26. The normalized spacial score (nSPS) is 16.4. The molecule has 8 nitrogen and oxygen atoms in total. The Hall–Kier alpha value is -1.80. The number of nitrogens with zero attached hydrogens (tertiary/aromatic N) is 1. The Morgan fingerprint density at radius 2 is 1.78 bits per heavy atom. The molecule has 0 aromatic rings. The van der Waals surface area contributed by atoms with Crippen LogP contribution < -0.4 is 5.32 Å². The number of likely N-dealkylation sites (tertiary alicyclic amines) is 1. The maximum atomic E-state index is 12.1. The van der Waals surface area contributed by atoms with Crippen molar-refractivity contribution in [3.63, 3.8) is 0 Å². The predicted octanol–water partition coefficient (Wildman–Crippen LogP) is 1.17. The van der Waals surface area contributed by atoms with E-state index in [1.54, 1.807) is 0 Å². The van der Waals surface area contributed by atoms with Gasteiger partial charge in [0.25, 0.3) is 0 Å². The lowest BCUT2D eigenvalue weighted by Gasteiger charge is -2.16. The first kappa shape index (κ1) is 25.2. The van der Waals surface area contributed by atoms with Crippen molar-refractivity contribution in [3.8, 4) is 0 Å². The van der Waals surface area contributed by atoms with Gasteiger partial charge in [0, 0.05) is 31.8 Å². The molecule has 0 saturated carbocycles. The molecule has 1 aliphatic heterocycles. The van der Waals surface area contributed by atoms with E-state index in [9.17, 15) is 19.2 Å². The van der Waals surface area contributed by atoms with Crippen LogP contribution in [0.5, 0.6) is 0 Å². The molecule has 1 saturated heterocycles. The Kier molecular flexibility index (Phi) is 13.3. The second-order valence-electron chi connectivity index (χ2n) is 6.41. The Bertz CT molecular complexity index is 493. The molecule has 27 heavy (non-hydrogen) atoms. The average molecular weight is 386 g/mol. The van der Waals surface area contributed by atoms with Gasteiger partial charge in [-0.3, -0.25) is 24.1 Å². The second-order valence-corrected chi connectivity index (χ2v) is 6.41. The third-order valence-corrected chi connectivity index (χ3v) is 3.89. The summed E-state index contributed by atoms with van der Waals surface area (Å²) in [5, 5.41) is 2.67. The Balaban J connectivity index is 0.00000326. The number of imide groups is 1. The summed E-state index contributed by atoms with van der Waals surface area (Å²) in [6, 6.07) is 0. The fourth-order valence-corrected chi connectivity index (χ4v) is 2.46. The van der Waals surface area contributed by atoms with E-state index in [4.69, 9.17) is 9.47 Å². The van der Waals surface area contributed by atoms with Gasteiger partial charge in [-0.25, -0.2) is 0 Å². The lowest BCUT2D eigenvalue weighted by molar-refractivity contribution is -0.140. The molecule has 0 aliphatic carbocycles. The smallest absolute Gasteiger partial charge is 0.233 e. The topological polar surface area (TPSA) is 102 Å². The zero-order chi connectivity index (χ0) is 20.8. The quantitative estimate of drug-likeness (QED) is 0.399. The minimum Gasteiger partial charge on any atom is -0.377 e. The maximum Gasteiger partial charge on any atom is 0.233 e. The SMILES string of the molecule is CC.CC(=O)COCCOCCNC(=O)CCN1C(=O)CC(C(C)C)C1=O. The van der Waals surface area contributed by atoms with E-state index in [0.717, 1.165) is 0 Å². The highest BCUT2D eigenvalue weighted by molar-refractivity contribution is 6.03. The van der Waals surface area contributed by atoms with E-state index in [0.29, 0.717) is 26.4 Å². The third kappa shape index (κ3) is 10.2. The van der Waals surface area contributed by atoms with Crippen LogP contribution in [-0.2, 0) is 28.7 Å². The van der Waals surface area contributed by atoms with Gasteiger partial charge < -0.3 is 14.8 Å². The average Bonchev–Trinajstić information content (AvgIpc) is 2.91. The lowest BCUT2D eigenvalue weighted by atomic mass is 9.94. The van der Waals surface area contributed by atoms with Gasteiger partial charge in [-0.2, -0.15) is 0 Å². The molecule has 0 aromatic carbocycles. The van der Waals surface area contributed by atoms with Gasteiger partial charge in [0.15, 0.2) is 5.78 Å². The molecule has 1 rings (SSSR count). The van der Waals surface area contributed by atoms with Crippen LogP contribution in [-0.4, -0.2) is 67.9 Å². The second kappa shape index (κ2) is 14.3. The van der Waals surface area contributed by atoms with Crippen LogP contribution in [0.2, 0.25) is 0 Å². The number of hydrogen-bond acceptors (Lipinski definition) is 6. The summed E-state index contributed by atoms with van der Waals surface area (Å²) in [5.41, 5.74) is 0. The minimum absolute atomic E-state index is 0.0399. The number of rotatable bonds is 12. The maximum absolute atomic E-state index is 12.1. The van der Waals surface area contributed by atoms with Gasteiger partial charge in [-0.15, -0.1) is 0 Å². The summed E-state index contributed by atoms with van der Waals surface area (Å²) in [6.07, 6.45) is 0.321. The van der Waals surface area contributed by atoms with Crippen LogP contribution in [0.3, 0.4) is 0 Å². The van der Waals surface area contributed by atoms with Crippen molar-refractivity contribution in [1.29, 1.82) is 0 Å². The molecule has 1 aliphatic rings. The number of carbonyl (C=O) groups excluding carboxylic acids is 4. The van der Waals surface area contributed by atoms with Crippen molar-refractivity contribution in [1.82, 2.24) is 10.2 Å². The van der Waals surface area contributed by atoms with Gasteiger partial charge in [-0.1, -0.05) is 27.7 Å². The van der Waals surface area contributed by atoms with E-state index in [2.05, 4.69) is 5.32 Å². The number of ether oxygens (including phenoxy) is 2. The zero-order valence-corrected chi connectivity index (χ0v) is 17.2. The predicted molar refractivity (Wildman–Crippen MR) is 101 cm³/mol. The molecular weight excluding hydrogens is 352 g/mol. The standard InChI is InChI=1S/C17H28N2O6.C2H6/c1-12(2)14-10-16(22)19(17(14)23)6-4-15(21)18-5-7-24-8-9-25-11-13(3)20;1-2/h12,14H,4-11H2,1-3H3,(H,18,21);1-2H3. The molecule has 1 atom stereocenters. The first-order valence-corrected chi connectivity index (χ1v) is 9.58. The van der Waals surface area contributed by atoms with Crippen molar-refractivity contribution < 1.29 is 28.7 Å². The van der Waals surface area contributed by atoms with Gasteiger partial charge in [0.1, 0.15) is 6.61 Å². The fourth-order valence-electron chi connectivity index (χ4n) is 2.46. The van der Waals surface area contributed by atoms with Crippen LogP contribution in [0.4, 0.5) is 0 Å². The van der Waals surface area contributed by atoms with E-state index in [-0.39, 0.29) is 61.3 Å². The van der Waals surface area contributed by atoms with Gasteiger partial charge in [0.05, 0.1) is 19.8 Å². The molecule has 1 N–H and O–H groups in total. The largest absolute Gasteiger partial charge is 0.377 e. The number of ketones is 1. The first-order chi connectivity index (χ1) is 12.8. The van der Waals surface area contributed by atoms with Crippen LogP contribution in [0, 0.1) is 11.8 Å². The summed E-state index contributed by atoms with van der Waals surface area (Å²) in [4.78, 5) is 47.6. The number of hydrogen-bond donors (Lipinski definition) is 1. The summed E-state index contributed by atoms with van der Waals surface area (Å²) >= 11 is 0. The van der Waals surface area contributed by atoms with E-state index < -0.39 is 0 Å². The highest BCUT2D eigenvalue weighted by atomic mass is 16.5. The minimum atomic E-state index is -0.269. The molecule has 0 spiro atoms. The van der Waals surface area contributed by atoms with E-state index in [1.165, 1.54) is 11.8 Å². The van der Waals surface area contributed by atoms with E-state index in [1.807, 2.05) is 27.7 Å². The summed E-state index contributed by atoms with van der Waals surface area (Å²) in [6.45, 7) is 10.8. The van der Waals surface area contributed by atoms with Crippen molar-refractivity contribution >= 4 is 23.5 Å². The Labute approximate surface area is 161 Å². The summed E-state index contributed by atoms with van der Waals surface area (Å²) < 4.78 is 10.3. The Morgan fingerprint density at radius 3 is 2.33 bits per heavy atom. The van der Waals surface area contributed by atoms with Crippen LogP contribution >= 0.6 is 0 Å². The molecule has 156 valence electrons. The monoisotopic (exact) mass is 386 g/mol. The van der Waals surface area contributed by atoms with Crippen LogP contribution in [0.25, 0.3) is 0 Å². The summed E-state index contributed by atoms with van der Waals surface area (Å²) in [5.74, 6) is -0.805. The van der Waals surface area contributed by atoms with Crippen molar-refractivity contribution in [3.05, 3.63) is 0 Å². The number of Topliss-reactive ketones (excluding diaryl/α,β-unsaturated/α-hetero) is 1. The number of carbonyl (C=O) groups is 4. The van der Waals surface area contributed by atoms with Crippen molar-refractivity contribution in [2.24, 2.45) is 11.8 Å². The van der Waals surface area contributed by atoms with Crippen LogP contribution in [0.15, 0.2) is 0 Å². The van der Waals surface area contributed by atoms with Crippen molar-refractivity contribution in [2.45, 2.75) is 47.5 Å². The molecule has 8 heteroatoms. The molecule has 1 heterocycles. The van der Waals surface area contributed by atoms with E-state index >= 15 is 0 Å². The molecule has 0 aromatic heterocycles. The molecule has 3 amide bonds. The van der Waals surface area contributed by atoms with Crippen LogP contribution in [0.1, 0.15) is 47.5 Å². The first-order valence-electron chi connectivity index (χ1n) is 9.58. The molecule has 1 unspecified atom stereocenters.